The Bertz CT molecular complexity index is 970. The van der Waals surface area contributed by atoms with Crippen molar-refractivity contribution in [3.8, 4) is 17.6 Å². The van der Waals surface area contributed by atoms with Crippen LogP contribution in [0.3, 0.4) is 0 Å². The third-order valence-electron chi connectivity index (χ3n) is 3.78. The van der Waals surface area contributed by atoms with Gasteiger partial charge in [0.15, 0.2) is 5.01 Å². The van der Waals surface area contributed by atoms with Gasteiger partial charge in [0.1, 0.15) is 17.2 Å². The second-order valence-corrected chi connectivity index (χ2v) is 6.45. The fraction of sp³-hybridized carbons (Fsp3) is 0.100. The van der Waals surface area contributed by atoms with Gasteiger partial charge in [-0.2, -0.15) is 0 Å². The standard InChI is InChI=1S/C20H14N2O2S/c23-20(22-12-13-24-17-9-5-4-8-16(17)22)18-14-21-19(25-18)11-10-15-6-2-1-3-7-15/h1-9,14H,12-13H2. The van der Waals surface area contributed by atoms with Crippen molar-refractivity contribution in [3.63, 3.8) is 0 Å². The van der Waals surface area contributed by atoms with Crippen molar-refractivity contribution >= 4 is 22.9 Å². The summed E-state index contributed by atoms with van der Waals surface area (Å²) in [6.45, 7) is 1.01. The van der Waals surface area contributed by atoms with Crippen LogP contribution in [0, 0.1) is 11.8 Å². The molecule has 0 fully saturated rings. The van der Waals surface area contributed by atoms with Crippen LogP contribution < -0.4 is 9.64 Å². The van der Waals surface area contributed by atoms with Crippen LogP contribution >= 0.6 is 11.3 Å². The Kier molecular flexibility index (Phi) is 4.19. The van der Waals surface area contributed by atoms with E-state index in [1.807, 2.05) is 54.6 Å². The van der Waals surface area contributed by atoms with Gasteiger partial charge >= 0.3 is 0 Å². The number of amides is 1. The first kappa shape index (κ1) is 15.4. The van der Waals surface area contributed by atoms with E-state index < -0.39 is 0 Å². The zero-order valence-electron chi connectivity index (χ0n) is 13.3. The molecule has 0 saturated heterocycles. The first-order valence-electron chi connectivity index (χ1n) is 7.88. The highest BCUT2D eigenvalue weighted by atomic mass is 32.1. The number of fused-ring (bicyclic) bond motifs is 1. The van der Waals surface area contributed by atoms with Crippen LogP contribution in [0.25, 0.3) is 0 Å². The summed E-state index contributed by atoms with van der Waals surface area (Å²) in [6.07, 6.45) is 1.60. The molecule has 1 aliphatic heterocycles. The summed E-state index contributed by atoms with van der Waals surface area (Å²) in [7, 11) is 0. The van der Waals surface area contributed by atoms with Crippen molar-refractivity contribution in [3.05, 3.63) is 76.2 Å². The minimum Gasteiger partial charge on any atom is -0.490 e. The highest BCUT2D eigenvalue weighted by Crippen LogP contribution is 2.32. The largest absolute Gasteiger partial charge is 0.490 e. The van der Waals surface area contributed by atoms with Crippen molar-refractivity contribution in [2.45, 2.75) is 0 Å². The quantitative estimate of drug-likeness (QED) is 0.633. The molecule has 25 heavy (non-hydrogen) atoms. The molecule has 0 radical (unpaired) electrons. The molecule has 0 spiro atoms. The summed E-state index contributed by atoms with van der Waals surface area (Å²) in [6, 6.07) is 17.3. The molecule has 0 unspecified atom stereocenters. The van der Waals surface area contributed by atoms with Crippen LogP contribution in [0.4, 0.5) is 5.69 Å². The van der Waals surface area contributed by atoms with Gasteiger partial charge in [0, 0.05) is 5.56 Å². The van der Waals surface area contributed by atoms with E-state index in [1.54, 1.807) is 11.1 Å². The Morgan fingerprint density at radius 3 is 2.76 bits per heavy atom. The van der Waals surface area contributed by atoms with E-state index in [0.717, 1.165) is 17.0 Å². The number of para-hydroxylation sites is 2. The predicted octanol–water partition coefficient (Wildman–Crippen LogP) is 3.58. The lowest BCUT2D eigenvalue weighted by Gasteiger charge is -2.28. The second-order valence-electron chi connectivity index (χ2n) is 5.42. The Hall–Kier alpha value is -3.10. The average Bonchev–Trinajstić information content (AvgIpc) is 3.15. The minimum absolute atomic E-state index is 0.0685. The van der Waals surface area contributed by atoms with E-state index in [1.165, 1.54) is 11.3 Å². The number of carbonyl (C=O) groups is 1. The maximum Gasteiger partial charge on any atom is 0.270 e. The predicted molar refractivity (Wildman–Crippen MR) is 98.1 cm³/mol. The summed E-state index contributed by atoms with van der Waals surface area (Å²) >= 11 is 1.31. The second kappa shape index (κ2) is 6.80. The topological polar surface area (TPSA) is 42.4 Å². The van der Waals surface area contributed by atoms with E-state index >= 15 is 0 Å². The molecule has 2 heterocycles. The van der Waals surface area contributed by atoms with Crippen molar-refractivity contribution in [2.75, 3.05) is 18.1 Å². The van der Waals surface area contributed by atoms with Crippen LogP contribution in [0.1, 0.15) is 20.2 Å². The number of hydrogen-bond acceptors (Lipinski definition) is 4. The first-order chi connectivity index (χ1) is 12.3. The molecule has 1 amide bonds. The average molecular weight is 346 g/mol. The third-order valence-corrected chi connectivity index (χ3v) is 4.68. The van der Waals surface area contributed by atoms with Crippen LogP contribution in [-0.2, 0) is 0 Å². The number of nitrogens with zero attached hydrogens (tertiary/aromatic N) is 2. The molecule has 122 valence electrons. The summed E-state index contributed by atoms with van der Waals surface area (Å²) in [5, 5.41) is 0.633. The lowest BCUT2D eigenvalue weighted by atomic mass is 10.2. The molecule has 4 nitrogen and oxygen atoms in total. The van der Waals surface area contributed by atoms with Gasteiger partial charge < -0.3 is 9.64 Å². The Morgan fingerprint density at radius 2 is 1.88 bits per heavy atom. The van der Waals surface area contributed by atoms with Gasteiger partial charge in [-0.05, 0) is 30.2 Å². The van der Waals surface area contributed by atoms with Crippen LogP contribution in [0.2, 0.25) is 0 Å². The number of benzene rings is 2. The third kappa shape index (κ3) is 3.25. The molecular weight excluding hydrogens is 332 g/mol. The number of thiazole rings is 1. The van der Waals surface area contributed by atoms with E-state index in [2.05, 4.69) is 16.8 Å². The van der Waals surface area contributed by atoms with Crippen LogP contribution in [0.15, 0.2) is 60.8 Å². The smallest absolute Gasteiger partial charge is 0.270 e. The molecule has 3 aromatic rings. The van der Waals surface area contributed by atoms with Gasteiger partial charge in [0.05, 0.1) is 18.4 Å². The lowest BCUT2D eigenvalue weighted by Crippen LogP contribution is -2.37. The molecule has 0 N–H and O–H groups in total. The SMILES string of the molecule is O=C(c1cnc(C#Cc2ccccc2)s1)N1CCOc2ccccc21. The molecule has 0 bridgehead atoms. The summed E-state index contributed by atoms with van der Waals surface area (Å²) in [5.41, 5.74) is 1.72. The molecular formula is C20H14N2O2S. The molecule has 0 aliphatic carbocycles. The fourth-order valence-corrected chi connectivity index (χ4v) is 3.31. The Balaban J connectivity index is 1.57. The van der Waals surface area contributed by atoms with Gasteiger partial charge in [-0.3, -0.25) is 4.79 Å². The highest BCUT2D eigenvalue weighted by Gasteiger charge is 2.25. The number of carbonyl (C=O) groups excluding carboxylic acids is 1. The Morgan fingerprint density at radius 1 is 1.08 bits per heavy atom. The van der Waals surface area contributed by atoms with Gasteiger partial charge in [0.25, 0.3) is 5.91 Å². The summed E-state index contributed by atoms with van der Waals surface area (Å²) < 4.78 is 5.60. The monoisotopic (exact) mass is 346 g/mol. The number of anilines is 1. The molecule has 2 aromatic carbocycles. The minimum atomic E-state index is -0.0685. The van der Waals surface area contributed by atoms with Crippen molar-refractivity contribution in [2.24, 2.45) is 0 Å². The van der Waals surface area contributed by atoms with E-state index in [0.29, 0.717) is 23.0 Å². The molecule has 5 heteroatoms. The molecule has 0 atom stereocenters. The van der Waals surface area contributed by atoms with Gasteiger partial charge in [-0.15, -0.1) is 11.3 Å². The zero-order chi connectivity index (χ0) is 17.1. The Labute approximate surface area is 149 Å². The maximum atomic E-state index is 12.8. The van der Waals surface area contributed by atoms with E-state index in [4.69, 9.17) is 4.74 Å². The normalized spacial score (nSPS) is 12.6. The molecule has 0 saturated carbocycles. The van der Waals surface area contributed by atoms with E-state index in [9.17, 15) is 4.79 Å². The van der Waals surface area contributed by atoms with Gasteiger partial charge in [-0.1, -0.05) is 36.3 Å². The number of ether oxygens (including phenoxy) is 1. The van der Waals surface area contributed by atoms with Gasteiger partial charge in [-0.25, -0.2) is 4.98 Å². The van der Waals surface area contributed by atoms with Crippen LogP contribution in [-0.4, -0.2) is 24.0 Å². The van der Waals surface area contributed by atoms with Crippen LogP contribution in [0.5, 0.6) is 5.75 Å². The molecule has 1 aliphatic rings. The number of hydrogen-bond donors (Lipinski definition) is 0. The summed E-state index contributed by atoms with van der Waals surface area (Å²) in [4.78, 5) is 19.4. The number of rotatable bonds is 1. The molecule has 1 aromatic heterocycles. The lowest BCUT2D eigenvalue weighted by molar-refractivity contribution is 0.0980. The first-order valence-corrected chi connectivity index (χ1v) is 8.69. The zero-order valence-corrected chi connectivity index (χ0v) is 14.1. The highest BCUT2D eigenvalue weighted by molar-refractivity contribution is 7.14. The van der Waals surface area contributed by atoms with E-state index in [-0.39, 0.29) is 5.91 Å². The number of aromatic nitrogens is 1. The van der Waals surface area contributed by atoms with Gasteiger partial charge in [0.2, 0.25) is 0 Å². The van der Waals surface area contributed by atoms with Crippen molar-refractivity contribution in [1.29, 1.82) is 0 Å². The maximum absolute atomic E-state index is 12.8. The summed E-state index contributed by atoms with van der Waals surface area (Å²) in [5.74, 6) is 6.75. The van der Waals surface area contributed by atoms with Crippen molar-refractivity contribution < 1.29 is 9.53 Å². The fourth-order valence-electron chi connectivity index (χ4n) is 2.59. The van der Waals surface area contributed by atoms with Crippen molar-refractivity contribution in [1.82, 2.24) is 4.98 Å². The molecule has 4 rings (SSSR count).